The van der Waals surface area contributed by atoms with Gasteiger partial charge in [0.15, 0.2) is 11.5 Å². The van der Waals surface area contributed by atoms with Crippen LogP contribution >= 0.6 is 11.8 Å². The Morgan fingerprint density at radius 2 is 1.97 bits per heavy atom. The van der Waals surface area contributed by atoms with Crippen molar-refractivity contribution in [3.05, 3.63) is 71.9 Å². The molecule has 0 unspecified atom stereocenters. The molecule has 2 aliphatic rings. The summed E-state index contributed by atoms with van der Waals surface area (Å²) < 4.78 is 10.7. The number of para-hydroxylation sites is 1. The first kappa shape index (κ1) is 19.4. The lowest BCUT2D eigenvalue weighted by Crippen LogP contribution is -2.35. The van der Waals surface area contributed by atoms with E-state index in [0.29, 0.717) is 28.6 Å². The monoisotopic (exact) mass is 433 g/mol. The minimum atomic E-state index is -0.149. The summed E-state index contributed by atoms with van der Waals surface area (Å²) in [4.78, 5) is 32.7. The number of fused-ring (bicyclic) bond motifs is 3. The van der Waals surface area contributed by atoms with Crippen molar-refractivity contribution in [1.29, 1.82) is 0 Å². The predicted molar refractivity (Wildman–Crippen MR) is 116 cm³/mol. The van der Waals surface area contributed by atoms with E-state index in [9.17, 15) is 9.59 Å². The van der Waals surface area contributed by atoms with Crippen LogP contribution in [0, 0.1) is 0 Å². The Morgan fingerprint density at radius 1 is 1.10 bits per heavy atom. The lowest BCUT2D eigenvalue weighted by Gasteiger charge is -2.22. The summed E-state index contributed by atoms with van der Waals surface area (Å²) in [5, 5.41) is 3.59. The van der Waals surface area contributed by atoms with Gasteiger partial charge in [-0.3, -0.25) is 9.59 Å². The lowest BCUT2D eigenvalue weighted by atomic mass is 10.2. The van der Waals surface area contributed by atoms with Gasteiger partial charge in [-0.25, -0.2) is 4.98 Å². The van der Waals surface area contributed by atoms with Gasteiger partial charge in [0.2, 0.25) is 12.7 Å². The van der Waals surface area contributed by atoms with E-state index in [1.54, 1.807) is 23.2 Å². The van der Waals surface area contributed by atoms with Crippen LogP contribution in [-0.4, -0.2) is 30.1 Å². The van der Waals surface area contributed by atoms with Gasteiger partial charge in [0.25, 0.3) is 5.91 Å². The maximum absolute atomic E-state index is 13.2. The molecule has 2 aromatic carbocycles. The molecule has 0 saturated heterocycles. The minimum absolute atomic E-state index is 0.133. The fraction of sp³-hybridized carbons (Fsp3) is 0.174. The number of hydrogen-bond acceptors (Lipinski definition) is 6. The van der Waals surface area contributed by atoms with Crippen LogP contribution in [0.2, 0.25) is 0 Å². The van der Waals surface area contributed by atoms with Gasteiger partial charge < -0.3 is 19.7 Å². The summed E-state index contributed by atoms with van der Waals surface area (Å²) in [5.41, 5.74) is 2.26. The number of carbonyl (C=O) groups excluding carboxylic acids is 2. The summed E-state index contributed by atoms with van der Waals surface area (Å²) in [6.07, 6.45) is 1.87. The van der Waals surface area contributed by atoms with Crippen LogP contribution in [-0.2, 0) is 11.3 Å². The van der Waals surface area contributed by atoms with Gasteiger partial charge in [-0.1, -0.05) is 30.0 Å². The van der Waals surface area contributed by atoms with Crippen LogP contribution in [0.15, 0.2) is 70.7 Å². The van der Waals surface area contributed by atoms with Crippen LogP contribution < -0.4 is 19.7 Å². The number of nitrogens with zero attached hydrogens (tertiary/aromatic N) is 2. The number of ether oxygens (including phenoxy) is 2. The van der Waals surface area contributed by atoms with Gasteiger partial charge >= 0.3 is 0 Å². The number of carbonyl (C=O) groups is 2. The highest BCUT2D eigenvalue weighted by molar-refractivity contribution is 7.99. The highest BCUT2D eigenvalue weighted by Crippen LogP contribution is 2.40. The van der Waals surface area contributed by atoms with Crippen LogP contribution in [0.1, 0.15) is 22.3 Å². The first-order chi connectivity index (χ1) is 15.2. The van der Waals surface area contributed by atoms with Crippen LogP contribution in [0.4, 0.5) is 5.69 Å². The van der Waals surface area contributed by atoms with Crippen molar-refractivity contribution in [2.45, 2.75) is 22.9 Å². The maximum Gasteiger partial charge on any atom is 0.261 e. The molecule has 0 atom stereocenters. The summed E-state index contributed by atoms with van der Waals surface area (Å²) in [5.74, 6) is 1.11. The van der Waals surface area contributed by atoms with E-state index >= 15 is 0 Å². The summed E-state index contributed by atoms with van der Waals surface area (Å²) >= 11 is 1.47. The van der Waals surface area contributed by atoms with Crippen molar-refractivity contribution >= 4 is 29.3 Å². The van der Waals surface area contributed by atoms with Gasteiger partial charge in [0, 0.05) is 30.6 Å². The number of benzene rings is 2. The molecule has 3 aromatic rings. The number of nitrogens with one attached hydrogen (secondary N) is 1. The number of rotatable bonds is 5. The van der Waals surface area contributed by atoms with E-state index in [0.717, 1.165) is 16.1 Å². The third-order valence-electron chi connectivity index (χ3n) is 5.10. The molecule has 0 radical (unpaired) electrons. The second-order valence-electron chi connectivity index (χ2n) is 7.10. The topological polar surface area (TPSA) is 80.8 Å². The zero-order valence-corrected chi connectivity index (χ0v) is 17.4. The highest BCUT2D eigenvalue weighted by atomic mass is 32.2. The molecule has 0 fully saturated rings. The molecule has 5 rings (SSSR count). The number of anilines is 1. The van der Waals surface area contributed by atoms with Crippen molar-refractivity contribution in [2.75, 3.05) is 18.2 Å². The van der Waals surface area contributed by atoms with Crippen LogP contribution in [0.5, 0.6) is 11.5 Å². The van der Waals surface area contributed by atoms with E-state index in [1.807, 2.05) is 42.5 Å². The lowest BCUT2D eigenvalue weighted by molar-refractivity contribution is -0.121. The summed E-state index contributed by atoms with van der Waals surface area (Å²) in [6, 6.07) is 16.8. The molecule has 2 amide bonds. The number of pyridine rings is 1. The first-order valence-corrected chi connectivity index (χ1v) is 10.7. The zero-order chi connectivity index (χ0) is 21.2. The predicted octanol–water partition coefficient (Wildman–Crippen LogP) is 3.63. The summed E-state index contributed by atoms with van der Waals surface area (Å²) in [6.45, 7) is 0.869. The van der Waals surface area contributed by atoms with Crippen molar-refractivity contribution in [3.63, 3.8) is 0 Å². The molecule has 0 spiro atoms. The smallest absolute Gasteiger partial charge is 0.261 e. The normalized spacial score (nSPS) is 13.9. The summed E-state index contributed by atoms with van der Waals surface area (Å²) in [7, 11) is 0. The standard InChI is InChI=1S/C23H19N3O4S/c27-21(25-13-15-7-8-18-19(12-15)30-14-29-18)9-11-26-17-5-1-2-6-20(17)31-22-16(23(26)28)4-3-10-24-22/h1-8,10,12H,9,11,13-14H2,(H,25,27). The molecule has 7 nitrogen and oxygen atoms in total. The van der Waals surface area contributed by atoms with Crippen molar-refractivity contribution in [3.8, 4) is 11.5 Å². The number of amides is 2. The molecule has 156 valence electrons. The molecule has 8 heteroatoms. The van der Waals surface area contributed by atoms with E-state index in [1.165, 1.54) is 11.8 Å². The SMILES string of the molecule is O=C(CCN1C(=O)c2cccnc2Sc2ccccc21)NCc1ccc2c(c1)OCO2. The van der Waals surface area contributed by atoms with Crippen molar-refractivity contribution in [2.24, 2.45) is 0 Å². The van der Waals surface area contributed by atoms with Crippen LogP contribution in [0.25, 0.3) is 0 Å². The Labute approximate surface area is 183 Å². The Bertz CT molecular complexity index is 1170. The quantitative estimate of drug-likeness (QED) is 0.662. The Morgan fingerprint density at radius 3 is 2.90 bits per heavy atom. The zero-order valence-electron chi connectivity index (χ0n) is 16.5. The van der Waals surface area contributed by atoms with Gasteiger partial charge in [0.1, 0.15) is 5.03 Å². The molecule has 2 aliphatic heterocycles. The largest absolute Gasteiger partial charge is 0.454 e. The minimum Gasteiger partial charge on any atom is -0.454 e. The second-order valence-corrected chi connectivity index (χ2v) is 8.13. The molecule has 1 aromatic heterocycles. The fourth-order valence-corrected chi connectivity index (χ4v) is 4.55. The molecular formula is C23H19N3O4S. The Kier molecular flexibility index (Phi) is 5.21. The van der Waals surface area contributed by atoms with Gasteiger partial charge in [-0.15, -0.1) is 0 Å². The van der Waals surface area contributed by atoms with Crippen LogP contribution in [0.3, 0.4) is 0 Å². The highest BCUT2D eigenvalue weighted by Gasteiger charge is 2.28. The van der Waals surface area contributed by atoms with E-state index < -0.39 is 0 Å². The number of aromatic nitrogens is 1. The van der Waals surface area contributed by atoms with E-state index in [4.69, 9.17) is 9.47 Å². The molecular weight excluding hydrogens is 414 g/mol. The Balaban J connectivity index is 1.28. The first-order valence-electron chi connectivity index (χ1n) is 9.88. The number of hydrogen-bond donors (Lipinski definition) is 1. The average molecular weight is 433 g/mol. The van der Waals surface area contributed by atoms with Crippen molar-refractivity contribution in [1.82, 2.24) is 10.3 Å². The van der Waals surface area contributed by atoms with Gasteiger partial charge in [-0.05, 0) is 42.0 Å². The molecule has 3 heterocycles. The van der Waals surface area contributed by atoms with E-state index in [2.05, 4.69) is 10.3 Å². The van der Waals surface area contributed by atoms with Crippen molar-refractivity contribution < 1.29 is 19.1 Å². The Hall–Kier alpha value is -3.52. The molecule has 0 saturated carbocycles. The molecule has 0 bridgehead atoms. The molecule has 1 N–H and O–H groups in total. The van der Waals surface area contributed by atoms with Gasteiger partial charge in [0.05, 0.1) is 11.3 Å². The molecule has 0 aliphatic carbocycles. The third kappa shape index (κ3) is 3.94. The molecule has 31 heavy (non-hydrogen) atoms. The second kappa shape index (κ2) is 8.31. The fourth-order valence-electron chi connectivity index (χ4n) is 3.54. The van der Waals surface area contributed by atoms with E-state index in [-0.39, 0.29) is 31.6 Å². The maximum atomic E-state index is 13.2. The van der Waals surface area contributed by atoms with Gasteiger partial charge in [-0.2, -0.15) is 0 Å². The third-order valence-corrected chi connectivity index (χ3v) is 6.18. The average Bonchev–Trinajstić information content (AvgIpc) is 3.22.